The Morgan fingerprint density at radius 1 is 1.71 bits per heavy atom. The first kappa shape index (κ1) is 10.9. The number of hydrogen-bond donors (Lipinski definition) is 0. The number of aromatic nitrogens is 1. The van der Waals surface area contributed by atoms with Crippen LogP contribution in [0.25, 0.3) is 0 Å². The molecule has 0 saturated carbocycles. The van der Waals surface area contributed by atoms with E-state index < -0.39 is 4.92 Å². The van der Waals surface area contributed by atoms with Gasteiger partial charge in [-0.2, -0.15) is 0 Å². The second kappa shape index (κ2) is 4.37. The van der Waals surface area contributed by atoms with E-state index in [0.717, 1.165) is 0 Å². The molecule has 0 radical (unpaired) electrons. The van der Waals surface area contributed by atoms with Gasteiger partial charge in [0.25, 0.3) is 5.69 Å². The van der Waals surface area contributed by atoms with E-state index in [4.69, 9.17) is 11.6 Å². The van der Waals surface area contributed by atoms with Crippen molar-refractivity contribution in [3.05, 3.63) is 33.6 Å². The second-order valence-corrected chi connectivity index (χ2v) is 3.91. The van der Waals surface area contributed by atoms with Crippen molar-refractivity contribution in [2.75, 3.05) is 0 Å². The Morgan fingerprint density at radius 3 is 2.86 bits per heavy atom. The summed E-state index contributed by atoms with van der Waals surface area (Å²) in [5.74, 6) is 0. The summed E-state index contributed by atoms with van der Waals surface area (Å²) < 4.78 is 0. The summed E-state index contributed by atoms with van der Waals surface area (Å²) >= 11 is 5.78. The number of pyridine rings is 1. The minimum atomic E-state index is -0.406. The van der Waals surface area contributed by atoms with Crippen LogP contribution in [0.15, 0.2) is 12.3 Å². The van der Waals surface area contributed by atoms with Crippen molar-refractivity contribution in [1.29, 1.82) is 0 Å². The van der Waals surface area contributed by atoms with Crippen LogP contribution in [-0.2, 0) is 6.42 Å². The summed E-state index contributed by atoms with van der Waals surface area (Å²) in [5, 5.41) is 10.6. The zero-order valence-electron chi connectivity index (χ0n) is 8.03. The first-order valence-electron chi connectivity index (χ1n) is 4.25. The Balaban J connectivity index is 3.14. The molecule has 1 atom stereocenters. The standard InChI is InChI=1S/C9H11ClN2O2/c1-6-3-4-11-8(5-7(2)10)9(6)12(13)14/h3-4,7H,5H2,1-2H3. The average molecular weight is 215 g/mol. The maximum Gasteiger partial charge on any atom is 0.293 e. The minimum absolute atomic E-state index is 0.0833. The van der Waals surface area contributed by atoms with Crippen LogP contribution in [-0.4, -0.2) is 15.3 Å². The van der Waals surface area contributed by atoms with Gasteiger partial charge in [-0.25, -0.2) is 0 Å². The summed E-state index contributed by atoms with van der Waals surface area (Å²) in [7, 11) is 0. The fraction of sp³-hybridized carbons (Fsp3) is 0.444. The zero-order valence-corrected chi connectivity index (χ0v) is 8.78. The quantitative estimate of drug-likeness (QED) is 0.441. The molecule has 0 saturated heterocycles. The van der Waals surface area contributed by atoms with Crippen LogP contribution in [0, 0.1) is 17.0 Å². The third-order valence-electron chi connectivity index (χ3n) is 1.86. The van der Waals surface area contributed by atoms with Crippen LogP contribution in [0.2, 0.25) is 0 Å². The van der Waals surface area contributed by atoms with Crippen molar-refractivity contribution in [1.82, 2.24) is 4.98 Å². The number of aryl methyl sites for hydroxylation is 1. The molecule has 5 heteroatoms. The summed E-state index contributed by atoms with van der Waals surface area (Å²) in [6.45, 7) is 3.48. The molecule has 0 bridgehead atoms. The van der Waals surface area contributed by atoms with Gasteiger partial charge in [-0.1, -0.05) is 0 Å². The van der Waals surface area contributed by atoms with Gasteiger partial charge in [-0.3, -0.25) is 15.1 Å². The molecule has 1 unspecified atom stereocenters. The summed E-state index contributed by atoms with van der Waals surface area (Å²) in [4.78, 5) is 14.3. The first-order chi connectivity index (χ1) is 6.52. The lowest BCUT2D eigenvalue weighted by atomic mass is 10.1. The van der Waals surface area contributed by atoms with Gasteiger partial charge in [0.1, 0.15) is 5.69 Å². The fourth-order valence-corrected chi connectivity index (χ4v) is 1.42. The molecule has 4 nitrogen and oxygen atoms in total. The molecular formula is C9H11ClN2O2. The lowest BCUT2D eigenvalue weighted by Crippen LogP contribution is -2.05. The lowest BCUT2D eigenvalue weighted by Gasteiger charge is -2.04. The molecule has 0 aliphatic heterocycles. The highest BCUT2D eigenvalue weighted by atomic mass is 35.5. The van der Waals surface area contributed by atoms with Crippen LogP contribution in [0.5, 0.6) is 0 Å². The number of halogens is 1. The van der Waals surface area contributed by atoms with Gasteiger partial charge in [-0.15, -0.1) is 11.6 Å². The van der Waals surface area contributed by atoms with Gasteiger partial charge < -0.3 is 0 Å². The second-order valence-electron chi connectivity index (χ2n) is 3.17. The van der Waals surface area contributed by atoms with Crippen molar-refractivity contribution in [2.24, 2.45) is 0 Å². The van der Waals surface area contributed by atoms with Gasteiger partial charge >= 0.3 is 0 Å². The Labute approximate surface area is 87.1 Å². The molecule has 0 aliphatic carbocycles. The van der Waals surface area contributed by atoms with E-state index in [0.29, 0.717) is 17.7 Å². The Morgan fingerprint density at radius 2 is 2.36 bits per heavy atom. The molecule has 1 rings (SSSR count). The monoisotopic (exact) mass is 214 g/mol. The van der Waals surface area contributed by atoms with E-state index in [9.17, 15) is 10.1 Å². The molecule has 0 N–H and O–H groups in total. The predicted molar refractivity (Wildman–Crippen MR) is 54.6 cm³/mol. The molecule has 1 aromatic heterocycles. The zero-order chi connectivity index (χ0) is 10.7. The van der Waals surface area contributed by atoms with Crippen molar-refractivity contribution < 1.29 is 4.92 Å². The van der Waals surface area contributed by atoms with E-state index in [-0.39, 0.29) is 11.1 Å². The predicted octanol–water partition coefficient (Wildman–Crippen LogP) is 2.47. The fourth-order valence-electron chi connectivity index (χ4n) is 1.27. The lowest BCUT2D eigenvalue weighted by molar-refractivity contribution is -0.386. The van der Waals surface area contributed by atoms with Gasteiger partial charge in [0.2, 0.25) is 0 Å². The van der Waals surface area contributed by atoms with Crippen molar-refractivity contribution in [3.63, 3.8) is 0 Å². The summed E-state index contributed by atoms with van der Waals surface area (Å²) in [6, 6.07) is 1.63. The van der Waals surface area contributed by atoms with E-state index >= 15 is 0 Å². The van der Waals surface area contributed by atoms with Gasteiger partial charge in [0.05, 0.1) is 4.92 Å². The number of nitro groups is 1. The largest absolute Gasteiger partial charge is 0.293 e. The van der Waals surface area contributed by atoms with Crippen molar-refractivity contribution in [3.8, 4) is 0 Å². The average Bonchev–Trinajstić information content (AvgIpc) is 2.01. The topological polar surface area (TPSA) is 56.0 Å². The van der Waals surface area contributed by atoms with Crippen LogP contribution in [0.4, 0.5) is 5.69 Å². The maximum absolute atomic E-state index is 10.7. The smallest absolute Gasteiger partial charge is 0.258 e. The third-order valence-corrected chi connectivity index (χ3v) is 2.01. The highest BCUT2D eigenvalue weighted by Crippen LogP contribution is 2.22. The van der Waals surface area contributed by atoms with Gasteiger partial charge in [-0.05, 0) is 19.9 Å². The highest BCUT2D eigenvalue weighted by molar-refractivity contribution is 6.20. The third kappa shape index (κ3) is 2.42. The van der Waals surface area contributed by atoms with Crippen molar-refractivity contribution >= 4 is 17.3 Å². The van der Waals surface area contributed by atoms with Gasteiger partial charge in [0, 0.05) is 23.6 Å². The molecule has 0 aromatic carbocycles. The molecule has 14 heavy (non-hydrogen) atoms. The van der Waals surface area contributed by atoms with Gasteiger partial charge in [0.15, 0.2) is 0 Å². The molecular weight excluding hydrogens is 204 g/mol. The molecule has 0 amide bonds. The van der Waals surface area contributed by atoms with Crippen LogP contribution in [0.3, 0.4) is 0 Å². The minimum Gasteiger partial charge on any atom is -0.258 e. The molecule has 1 aromatic rings. The SMILES string of the molecule is Cc1ccnc(CC(C)Cl)c1[N+](=O)[O-]. The Kier molecular flexibility index (Phi) is 3.41. The molecule has 0 aliphatic rings. The van der Waals surface area contributed by atoms with Crippen molar-refractivity contribution in [2.45, 2.75) is 25.6 Å². The Hall–Kier alpha value is -1.16. The van der Waals surface area contributed by atoms with E-state index in [1.54, 1.807) is 26.1 Å². The maximum atomic E-state index is 10.7. The van der Waals surface area contributed by atoms with E-state index in [1.807, 2.05) is 0 Å². The van der Waals surface area contributed by atoms with Crippen LogP contribution < -0.4 is 0 Å². The normalized spacial score (nSPS) is 12.5. The van der Waals surface area contributed by atoms with Crippen LogP contribution in [0.1, 0.15) is 18.2 Å². The molecule has 0 spiro atoms. The highest BCUT2D eigenvalue weighted by Gasteiger charge is 2.19. The van der Waals surface area contributed by atoms with Crippen LogP contribution >= 0.6 is 11.6 Å². The number of hydrogen-bond acceptors (Lipinski definition) is 3. The molecule has 1 heterocycles. The Bertz CT molecular complexity index is 353. The number of nitrogens with zero attached hydrogens (tertiary/aromatic N) is 2. The molecule has 76 valence electrons. The molecule has 0 fully saturated rings. The van der Waals surface area contributed by atoms with E-state index in [1.165, 1.54) is 0 Å². The number of alkyl halides is 1. The van der Waals surface area contributed by atoms with E-state index in [2.05, 4.69) is 4.98 Å². The summed E-state index contributed by atoms with van der Waals surface area (Å²) in [6.07, 6.45) is 1.98. The number of rotatable bonds is 3. The first-order valence-corrected chi connectivity index (χ1v) is 4.69. The summed E-state index contributed by atoms with van der Waals surface area (Å²) in [5.41, 5.74) is 1.16.